The quantitative estimate of drug-likeness (QED) is 0.496. The van der Waals surface area contributed by atoms with E-state index in [2.05, 4.69) is 37.0 Å². The highest BCUT2D eigenvalue weighted by molar-refractivity contribution is 6.30. The van der Waals surface area contributed by atoms with Crippen molar-refractivity contribution in [2.75, 3.05) is 0 Å². The number of hydrogen-bond acceptors (Lipinski definition) is 2. The molecule has 0 radical (unpaired) electrons. The molecule has 0 aliphatic rings. The summed E-state index contributed by atoms with van der Waals surface area (Å²) in [5, 5.41) is 0.730. The van der Waals surface area contributed by atoms with E-state index in [0.29, 0.717) is 6.61 Å². The average molecular weight is 350 g/mol. The van der Waals surface area contributed by atoms with Gasteiger partial charge < -0.3 is 4.74 Å². The molecule has 0 heterocycles. The van der Waals surface area contributed by atoms with E-state index in [4.69, 9.17) is 16.3 Å². The second-order valence-electron chi connectivity index (χ2n) is 6.04. The lowest BCUT2D eigenvalue weighted by atomic mass is 10.1. The molecule has 0 aliphatic heterocycles. The Morgan fingerprint density at radius 1 is 0.960 bits per heavy atom. The number of aliphatic imine (C=N–C) groups is 1. The summed E-state index contributed by atoms with van der Waals surface area (Å²) in [6.07, 6.45) is 1.87. The molecule has 0 atom stereocenters. The molecular formula is C22H20ClNO. The number of hydrogen-bond donors (Lipinski definition) is 0. The lowest BCUT2D eigenvalue weighted by Crippen LogP contribution is -1.95. The van der Waals surface area contributed by atoms with Crippen LogP contribution in [0.1, 0.15) is 22.3 Å². The standard InChI is InChI=1S/C22H20ClNO/c1-16-6-7-17(2)22(12-16)24-14-19-4-3-5-21(13-19)25-15-18-8-10-20(23)11-9-18/h3-14H,15H2,1-2H3. The first-order valence-corrected chi connectivity index (χ1v) is 8.56. The molecule has 126 valence electrons. The summed E-state index contributed by atoms with van der Waals surface area (Å²) in [4.78, 5) is 4.61. The Labute approximate surface area is 153 Å². The predicted octanol–water partition coefficient (Wildman–Crippen LogP) is 6.29. The Bertz CT molecular complexity index is 885. The van der Waals surface area contributed by atoms with Gasteiger partial charge in [0.05, 0.1) is 5.69 Å². The van der Waals surface area contributed by atoms with Crippen LogP contribution in [0.2, 0.25) is 5.02 Å². The van der Waals surface area contributed by atoms with E-state index in [9.17, 15) is 0 Å². The normalized spacial score (nSPS) is 11.0. The van der Waals surface area contributed by atoms with Crippen LogP contribution in [0, 0.1) is 13.8 Å². The minimum Gasteiger partial charge on any atom is -0.489 e. The van der Waals surface area contributed by atoms with Crippen LogP contribution in [0.5, 0.6) is 5.75 Å². The zero-order chi connectivity index (χ0) is 17.6. The van der Waals surface area contributed by atoms with Crippen LogP contribution in [-0.2, 0) is 6.61 Å². The second kappa shape index (κ2) is 8.00. The van der Waals surface area contributed by atoms with Crippen molar-refractivity contribution in [3.8, 4) is 5.75 Å². The van der Waals surface area contributed by atoms with Gasteiger partial charge in [0, 0.05) is 11.2 Å². The summed E-state index contributed by atoms with van der Waals surface area (Å²) in [6.45, 7) is 4.65. The molecule has 0 aliphatic carbocycles. The Morgan fingerprint density at radius 2 is 1.76 bits per heavy atom. The van der Waals surface area contributed by atoms with Gasteiger partial charge in [-0.2, -0.15) is 0 Å². The summed E-state index contributed by atoms with van der Waals surface area (Å²) in [7, 11) is 0. The average Bonchev–Trinajstić information content (AvgIpc) is 2.62. The molecule has 3 heteroatoms. The third kappa shape index (κ3) is 4.94. The first-order valence-electron chi connectivity index (χ1n) is 8.19. The molecule has 0 saturated heterocycles. The summed E-state index contributed by atoms with van der Waals surface area (Å²) >= 11 is 5.90. The van der Waals surface area contributed by atoms with Crippen LogP contribution in [0.3, 0.4) is 0 Å². The van der Waals surface area contributed by atoms with Gasteiger partial charge in [-0.25, -0.2) is 0 Å². The number of benzene rings is 3. The molecule has 0 spiro atoms. The minimum atomic E-state index is 0.509. The van der Waals surface area contributed by atoms with Crippen molar-refractivity contribution >= 4 is 23.5 Å². The van der Waals surface area contributed by atoms with E-state index in [0.717, 1.165) is 33.1 Å². The first kappa shape index (κ1) is 17.2. The fourth-order valence-corrected chi connectivity index (χ4v) is 2.56. The van der Waals surface area contributed by atoms with Crippen LogP contribution >= 0.6 is 11.6 Å². The molecule has 3 aromatic rings. The molecule has 0 amide bonds. The fraction of sp³-hybridized carbons (Fsp3) is 0.136. The van der Waals surface area contributed by atoms with Gasteiger partial charge in [-0.05, 0) is 66.4 Å². The molecule has 0 unspecified atom stereocenters. The summed E-state index contributed by atoms with van der Waals surface area (Å²) in [5.41, 5.74) is 5.45. The van der Waals surface area contributed by atoms with Gasteiger partial charge in [0.1, 0.15) is 12.4 Å². The smallest absolute Gasteiger partial charge is 0.120 e. The summed E-state index contributed by atoms with van der Waals surface area (Å²) < 4.78 is 5.86. The zero-order valence-corrected chi connectivity index (χ0v) is 15.1. The largest absolute Gasteiger partial charge is 0.489 e. The molecule has 3 rings (SSSR count). The second-order valence-corrected chi connectivity index (χ2v) is 6.47. The zero-order valence-electron chi connectivity index (χ0n) is 14.4. The molecule has 2 nitrogen and oxygen atoms in total. The first-order chi connectivity index (χ1) is 12.1. The Hall–Kier alpha value is -2.58. The Balaban J connectivity index is 1.69. The molecule has 3 aromatic carbocycles. The molecule has 0 aromatic heterocycles. The van der Waals surface area contributed by atoms with Gasteiger partial charge in [-0.3, -0.25) is 4.99 Å². The molecule has 25 heavy (non-hydrogen) atoms. The van der Waals surface area contributed by atoms with Crippen LogP contribution in [0.15, 0.2) is 71.7 Å². The van der Waals surface area contributed by atoms with Crippen molar-refractivity contribution in [2.45, 2.75) is 20.5 Å². The number of nitrogens with zero attached hydrogens (tertiary/aromatic N) is 1. The van der Waals surface area contributed by atoms with Crippen LogP contribution in [-0.4, -0.2) is 6.21 Å². The van der Waals surface area contributed by atoms with E-state index >= 15 is 0 Å². The highest BCUT2D eigenvalue weighted by Crippen LogP contribution is 2.21. The van der Waals surface area contributed by atoms with Crippen molar-refractivity contribution in [3.63, 3.8) is 0 Å². The lowest BCUT2D eigenvalue weighted by molar-refractivity contribution is 0.306. The third-order valence-corrected chi connectivity index (χ3v) is 4.15. The van der Waals surface area contributed by atoms with Gasteiger partial charge in [0.2, 0.25) is 0 Å². The van der Waals surface area contributed by atoms with Crippen LogP contribution < -0.4 is 4.74 Å². The van der Waals surface area contributed by atoms with E-state index < -0.39 is 0 Å². The topological polar surface area (TPSA) is 21.6 Å². The van der Waals surface area contributed by atoms with Crippen LogP contribution in [0.4, 0.5) is 5.69 Å². The van der Waals surface area contributed by atoms with Crippen molar-refractivity contribution in [1.29, 1.82) is 0 Å². The van der Waals surface area contributed by atoms with Gasteiger partial charge in [0.15, 0.2) is 0 Å². The summed E-state index contributed by atoms with van der Waals surface area (Å²) in [6, 6.07) is 21.9. The van der Waals surface area contributed by atoms with Crippen molar-refractivity contribution in [2.24, 2.45) is 4.99 Å². The van der Waals surface area contributed by atoms with E-state index in [1.54, 1.807) is 0 Å². The molecule has 0 N–H and O–H groups in total. The van der Waals surface area contributed by atoms with Gasteiger partial charge in [-0.15, -0.1) is 0 Å². The van der Waals surface area contributed by atoms with E-state index in [1.165, 1.54) is 5.56 Å². The van der Waals surface area contributed by atoms with Crippen molar-refractivity contribution in [1.82, 2.24) is 0 Å². The lowest BCUT2D eigenvalue weighted by Gasteiger charge is -2.07. The van der Waals surface area contributed by atoms with Crippen molar-refractivity contribution in [3.05, 3.63) is 94.0 Å². The summed E-state index contributed by atoms with van der Waals surface area (Å²) in [5.74, 6) is 0.819. The highest BCUT2D eigenvalue weighted by atomic mass is 35.5. The maximum absolute atomic E-state index is 5.90. The molecule has 0 saturated carbocycles. The number of rotatable bonds is 5. The third-order valence-electron chi connectivity index (χ3n) is 3.89. The predicted molar refractivity (Wildman–Crippen MR) is 105 cm³/mol. The van der Waals surface area contributed by atoms with Crippen molar-refractivity contribution < 1.29 is 4.74 Å². The molecular weight excluding hydrogens is 330 g/mol. The van der Waals surface area contributed by atoms with E-state index in [1.807, 2.05) is 54.7 Å². The maximum Gasteiger partial charge on any atom is 0.120 e. The number of aryl methyl sites for hydroxylation is 2. The maximum atomic E-state index is 5.90. The van der Waals surface area contributed by atoms with Gasteiger partial charge in [-0.1, -0.05) is 48.0 Å². The Kier molecular flexibility index (Phi) is 5.52. The number of halogens is 1. The van der Waals surface area contributed by atoms with E-state index in [-0.39, 0.29) is 0 Å². The minimum absolute atomic E-state index is 0.509. The Morgan fingerprint density at radius 3 is 2.56 bits per heavy atom. The molecule has 0 fully saturated rings. The fourth-order valence-electron chi connectivity index (χ4n) is 2.43. The van der Waals surface area contributed by atoms with Gasteiger partial charge >= 0.3 is 0 Å². The SMILES string of the molecule is Cc1ccc(C)c(N=Cc2cccc(OCc3ccc(Cl)cc3)c2)c1. The number of ether oxygens (including phenoxy) is 1. The monoisotopic (exact) mass is 349 g/mol. The van der Waals surface area contributed by atoms with Gasteiger partial charge in [0.25, 0.3) is 0 Å². The van der Waals surface area contributed by atoms with Crippen LogP contribution in [0.25, 0.3) is 0 Å². The molecule has 0 bridgehead atoms. The highest BCUT2D eigenvalue weighted by Gasteiger charge is 1.99.